The Morgan fingerprint density at radius 2 is 2.14 bits per heavy atom. The van der Waals surface area contributed by atoms with Gasteiger partial charge in [0.05, 0.1) is 17.4 Å². The molecule has 2 aromatic rings. The molecular formula is C14H13N3O4. The summed E-state index contributed by atoms with van der Waals surface area (Å²) < 4.78 is 1.60. The molecule has 2 rings (SSSR count). The highest BCUT2D eigenvalue weighted by molar-refractivity contribution is 6.06. The number of carboxylic acid groups (broad SMARTS) is 1. The maximum absolute atomic E-state index is 11.8. The molecule has 0 aliphatic rings. The molecule has 0 saturated heterocycles. The topological polar surface area (TPSA) is 104 Å². The van der Waals surface area contributed by atoms with Gasteiger partial charge in [-0.05, 0) is 24.3 Å². The fraction of sp³-hybridized carbons (Fsp3) is 0.0714. The van der Waals surface area contributed by atoms with Crippen molar-refractivity contribution in [2.24, 2.45) is 7.05 Å². The van der Waals surface area contributed by atoms with E-state index in [2.05, 4.69) is 10.4 Å². The van der Waals surface area contributed by atoms with Crippen molar-refractivity contribution in [3.63, 3.8) is 0 Å². The number of nitrogens with one attached hydrogen (secondary N) is 1. The van der Waals surface area contributed by atoms with Crippen LogP contribution in [-0.4, -0.2) is 31.9 Å². The lowest BCUT2D eigenvalue weighted by Gasteiger charge is -2.06. The van der Waals surface area contributed by atoms with Crippen LogP contribution in [0.1, 0.15) is 15.9 Å². The minimum absolute atomic E-state index is 0.112. The van der Waals surface area contributed by atoms with E-state index in [9.17, 15) is 14.7 Å². The summed E-state index contributed by atoms with van der Waals surface area (Å²) in [6, 6.07) is 3.70. The quantitative estimate of drug-likeness (QED) is 0.583. The van der Waals surface area contributed by atoms with E-state index < -0.39 is 11.9 Å². The number of carboxylic acids is 1. The number of aromatic nitrogens is 2. The second-order valence-electron chi connectivity index (χ2n) is 4.30. The normalized spacial score (nSPS) is 10.7. The van der Waals surface area contributed by atoms with Crippen LogP contribution in [0.5, 0.6) is 5.75 Å². The highest BCUT2D eigenvalue weighted by Crippen LogP contribution is 2.21. The number of aromatic carboxylic acids is 1. The van der Waals surface area contributed by atoms with Gasteiger partial charge in [0.15, 0.2) is 0 Å². The number of phenols is 1. The SMILES string of the molecule is Cn1cc(C=CC(=O)Nc2ccc(O)cc2C(=O)O)cn1. The van der Waals surface area contributed by atoms with Gasteiger partial charge in [-0.15, -0.1) is 0 Å². The molecular weight excluding hydrogens is 274 g/mol. The van der Waals surface area contributed by atoms with Crippen LogP contribution < -0.4 is 5.32 Å². The molecule has 1 heterocycles. The van der Waals surface area contributed by atoms with Crippen LogP contribution in [0.2, 0.25) is 0 Å². The van der Waals surface area contributed by atoms with Crippen molar-refractivity contribution in [1.29, 1.82) is 0 Å². The Kier molecular flexibility index (Phi) is 4.03. The van der Waals surface area contributed by atoms with Crippen molar-refractivity contribution >= 4 is 23.6 Å². The van der Waals surface area contributed by atoms with E-state index >= 15 is 0 Å². The summed E-state index contributed by atoms with van der Waals surface area (Å²) in [6.45, 7) is 0. The third-order valence-electron chi connectivity index (χ3n) is 2.64. The first kappa shape index (κ1) is 14.3. The number of phenolic OH excluding ortho intramolecular Hbond substituents is 1. The average molecular weight is 287 g/mol. The summed E-state index contributed by atoms with van der Waals surface area (Å²) in [7, 11) is 1.76. The average Bonchev–Trinajstić information content (AvgIpc) is 2.84. The smallest absolute Gasteiger partial charge is 0.337 e. The summed E-state index contributed by atoms with van der Waals surface area (Å²) in [5.74, 6) is -1.90. The highest BCUT2D eigenvalue weighted by Gasteiger charge is 2.12. The van der Waals surface area contributed by atoms with Crippen LogP contribution in [0, 0.1) is 0 Å². The maximum atomic E-state index is 11.8. The fourth-order valence-electron chi connectivity index (χ4n) is 1.69. The number of aromatic hydroxyl groups is 1. The van der Waals surface area contributed by atoms with Gasteiger partial charge >= 0.3 is 5.97 Å². The van der Waals surface area contributed by atoms with Crippen molar-refractivity contribution in [3.05, 3.63) is 47.8 Å². The molecule has 7 heteroatoms. The van der Waals surface area contributed by atoms with Gasteiger partial charge in [-0.3, -0.25) is 9.48 Å². The predicted octanol–water partition coefficient (Wildman–Crippen LogP) is 1.48. The second-order valence-corrected chi connectivity index (χ2v) is 4.30. The molecule has 0 bridgehead atoms. The number of hydrogen-bond donors (Lipinski definition) is 3. The lowest BCUT2D eigenvalue weighted by Crippen LogP contribution is -2.11. The van der Waals surface area contributed by atoms with E-state index in [0.717, 1.165) is 11.6 Å². The Labute approximate surface area is 120 Å². The number of carbonyl (C=O) groups is 2. The monoisotopic (exact) mass is 287 g/mol. The third kappa shape index (κ3) is 3.69. The first-order chi connectivity index (χ1) is 9.95. The number of aryl methyl sites for hydroxylation is 1. The number of carbonyl (C=O) groups excluding carboxylic acids is 1. The molecule has 0 aliphatic carbocycles. The molecule has 0 spiro atoms. The van der Waals surface area contributed by atoms with Gasteiger partial charge in [-0.25, -0.2) is 4.79 Å². The van der Waals surface area contributed by atoms with Gasteiger partial charge in [0, 0.05) is 24.9 Å². The highest BCUT2D eigenvalue weighted by atomic mass is 16.4. The molecule has 7 nitrogen and oxygen atoms in total. The fourth-order valence-corrected chi connectivity index (χ4v) is 1.69. The van der Waals surface area contributed by atoms with Crippen LogP contribution in [-0.2, 0) is 11.8 Å². The van der Waals surface area contributed by atoms with Crippen molar-refractivity contribution < 1.29 is 19.8 Å². The molecule has 108 valence electrons. The Balaban J connectivity index is 2.13. The molecule has 0 aliphatic heterocycles. The van der Waals surface area contributed by atoms with Crippen LogP contribution >= 0.6 is 0 Å². The molecule has 21 heavy (non-hydrogen) atoms. The van der Waals surface area contributed by atoms with Crippen molar-refractivity contribution in [1.82, 2.24) is 9.78 Å². The van der Waals surface area contributed by atoms with Gasteiger partial charge in [0.25, 0.3) is 0 Å². The Hall–Kier alpha value is -3.09. The minimum Gasteiger partial charge on any atom is -0.508 e. The van der Waals surface area contributed by atoms with Crippen LogP contribution in [0.25, 0.3) is 6.08 Å². The van der Waals surface area contributed by atoms with E-state index in [1.807, 2.05) is 0 Å². The van der Waals surface area contributed by atoms with E-state index in [-0.39, 0.29) is 17.0 Å². The summed E-state index contributed by atoms with van der Waals surface area (Å²) in [4.78, 5) is 22.8. The van der Waals surface area contributed by atoms with E-state index in [1.54, 1.807) is 30.2 Å². The Morgan fingerprint density at radius 3 is 2.76 bits per heavy atom. The lowest BCUT2D eigenvalue weighted by atomic mass is 10.1. The number of nitrogens with zero attached hydrogens (tertiary/aromatic N) is 2. The maximum Gasteiger partial charge on any atom is 0.337 e. The zero-order valence-corrected chi connectivity index (χ0v) is 11.1. The minimum atomic E-state index is -1.24. The Morgan fingerprint density at radius 1 is 1.38 bits per heavy atom. The first-order valence-corrected chi connectivity index (χ1v) is 6.00. The first-order valence-electron chi connectivity index (χ1n) is 6.00. The summed E-state index contributed by atoms with van der Waals surface area (Å²) in [5, 5.41) is 24.7. The number of anilines is 1. The van der Waals surface area contributed by atoms with E-state index in [1.165, 1.54) is 18.2 Å². The molecule has 0 fully saturated rings. The summed E-state index contributed by atoms with van der Waals surface area (Å²) in [5.41, 5.74) is 0.677. The second kappa shape index (κ2) is 5.91. The summed E-state index contributed by atoms with van der Waals surface area (Å²) in [6.07, 6.45) is 6.15. The van der Waals surface area contributed by atoms with Crippen LogP contribution in [0.15, 0.2) is 36.7 Å². The van der Waals surface area contributed by atoms with Gasteiger partial charge < -0.3 is 15.5 Å². The zero-order valence-electron chi connectivity index (χ0n) is 11.1. The van der Waals surface area contributed by atoms with Crippen molar-refractivity contribution in [3.8, 4) is 5.75 Å². The Bertz CT molecular complexity index is 719. The molecule has 0 unspecified atom stereocenters. The van der Waals surface area contributed by atoms with Gasteiger partial charge in [-0.1, -0.05) is 0 Å². The van der Waals surface area contributed by atoms with E-state index in [0.29, 0.717) is 0 Å². The van der Waals surface area contributed by atoms with Crippen molar-refractivity contribution in [2.75, 3.05) is 5.32 Å². The number of hydrogen-bond acceptors (Lipinski definition) is 4. The number of amides is 1. The molecule has 0 saturated carbocycles. The van der Waals surface area contributed by atoms with Crippen molar-refractivity contribution in [2.45, 2.75) is 0 Å². The van der Waals surface area contributed by atoms with Gasteiger partial charge in [0.1, 0.15) is 5.75 Å². The molecule has 0 radical (unpaired) electrons. The number of benzene rings is 1. The molecule has 0 atom stereocenters. The van der Waals surface area contributed by atoms with Gasteiger partial charge in [-0.2, -0.15) is 5.10 Å². The summed E-state index contributed by atoms with van der Waals surface area (Å²) >= 11 is 0. The molecule has 1 aromatic carbocycles. The standard InChI is InChI=1S/C14H13N3O4/c1-17-8-9(7-15-17)2-5-13(19)16-12-4-3-10(18)6-11(12)14(20)21/h2-8,18H,1H3,(H,16,19)(H,20,21). The third-order valence-corrected chi connectivity index (χ3v) is 2.64. The zero-order chi connectivity index (χ0) is 15.4. The lowest BCUT2D eigenvalue weighted by molar-refractivity contribution is -0.111. The van der Waals surface area contributed by atoms with Gasteiger partial charge in [0.2, 0.25) is 5.91 Å². The van der Waals surface area contributed by atoms with Crippen LogP contribution in [0.4, 0.5) is 5.69 Å². The van der Waals surface area contributed by atoms with Crippen LogP contribution in [0.3, 0.4) is 0 Å². The molecule has 3 N–H and O–H groups in total. The predicted molar refractivity (Wildman–Crippen MR) is 75.9 cm³/mol. The molecule has 1 amide bonds. The number of rotatable bonds is 4. The largest absolute Gasteiger partial charge is 0.508 e. The van der Waals surface area contributed by atoms with E-state index in [4.69, 9.17) is 5.11 Å². The molecule has 1 aromatic heterocycles.